The first kappa shape index (κ1) is 15.2. The van der Waals surface area contributed by atoms with Crippen LogP contribution in [-0.2, 0) is 21.8 Å². The van der Waals surface area contributed by atoms with Crippen LogP contribution in [0.4, 0.5) is 0 Å². The maximum atomic E-state index is 12.2. The van der Waals surface area contributed by atoms with Crippen LogP contribution >= 0.6 is 0 Å². The van der Waals surface area contributed by atoms with Crippen molar-refractivity contribution in [3.8, 4) is 0 Å². The van der Waals surface area contributed by atoms with Gasteiger partial charge in [-0.1, -0.05) is 39.0 Å². The Bertz CT molecular complexity index is 788. The Balaban J connectivity index is 1.81. The van der Waals surface area contributed by atoms with Crippen molar-refractivity contribution < 1.29 is 8.42 Å². The number of nitrogens with one attached hydrogen (secondary N) is 2. The van der Waals surface area contributed by atoms with Gasteiger partial charge in [-0.25, -0.2) is 8.42 Å². The molecule has 1 unspecified atom stereocenters. The number of hydrogen-bond acceptors (Lipinski definition) is 4. The summed E-state index contributed by atoms with van der Waals surface area (Å²) >= 11 is 0. The Hall–Kier alpha value is -1.66. The Morgan fingerprint density at radius 1 is 1.32 bits per heavy atom. The molecule has 5 nitrogen and oxygen atoms in total. The lowest BCUT2D eigenvalue weighted by molar-refractivity contribution is 0.536. The molecule has 22 heavy (non-hydrogen) atoms. The molecule has 6 heteroatoms. The van der Waals surface area contributed by atoms with Crippen LogP contribution in [0.25, 0.3) is 0 Å². The van der Waals surface area contributed by atoms with E-state index >= 15 is 0 Å². The average Bonchev–Trinajstić information content (AvgIpc) is 3.00. The lowest BCUT2D eigenvalue weighted by atomic mass is 9.89. The molecular weight excluding hydrogens is 298 g/mol. The lowest BCUT2D eigenvalue weighted by Gasteiger charge is -2.19. The van der Waals surface area contributed by atoms with Gasteiger partial charge in [-0.05, 0) is 11.6 Å². The second-order valence-corrected chi connectivity index (χ2v) is 8.78. The summed E-state index contributed by atoms with van der Waals surface area (Å²) in [6, 6.07) is 7.06. The smallest absolute Gasteiger partial charge is 0.180 e. The maximum Gasteiger partial charge on any atom is 0.180 e. The number of H-pyrrole nitrogens is 1. The molecular formula is C16H21N3O2S. The third kappa shape index (κ3) is 2.68. The second-order valence-electron chi connectivity index (χ2n) is 6.77. The Labute approximate surface area is 131 Å². The molecule has 0 fully saturated rings. The highest BCUT2D eigenvalue weighted by molar-refractivity contribution is 7.91. The molecule has 118 valence electrons. The first-order chi connectivity index (χ1) is 10.3. The second kappa shape index (κ2) is 5.21. The van der Waals surface area contributed by atoms with Gasteiger partial charge < -0.3 is 5.32 Å². The van der Waals surface area contributed by atoms with Gasteiger partial charge >= 0.3 is 0 Å². The van der Waals surface area contributed by atoms with E-state index in [1.54, 1.807) is 12.1 Å². The average molecular weight is 319 g/mol. The van der Waals surface area contributed by atoms with E-state index in [9.17, 15) is 8.42 Å². The van der Waals surface area contributed by atoms with E-state index in [4.69, 9.17) is 0 Å². The van der Waals surface area contributed by atoms with Gasteiger partial charge in [0.25, 0.3) is 0 Å². The normalized spacial score (nSPS) is 20.0. The summed E-state index contributed by atoms with van der Waals surface area (Å²) in [5, 5.41) is 10.5. The third-order valence-corrected chi connectivity index (χ3v) is 5.84. The monoisotopic (exact) mass is 319 g/mol. The largest absolute Gasteiger partial charge is 0.305 e. The number of aromatic amines is 1. The lowest BCUT2D eigenvalue weighted by Crippen LogP contribution is -2.24. The fraction of sp³-hybridized carbons (Fsp3) is 0.438. The fourth-order valence-electron chi connectivity index (χ4n) is 2.95. The number of nitrogens with zero attached hydrogens (tertiary/aromatic N) is 1. The molecule has 2 N–H and O–H groups in total. The molecule has 0 amide bonds. The molecule has 0 saturated heterocycles. The molecule has 0 aliphatic carbocycles. The third-order valence-electron chi connectivity index (χ3n) is 4.02. The molecule has 0 radical (unpaired) electrons. The predicted molar refractivity (Wildman–Crippen MR) is 85.4 cm³/mol. The Kier molecular flexibility index (Phi) is 3.61. The molecule has 1 aromatic heterocycles. The molecule has 1 aliphatic heterocycles. The van der Waals surface area contributed by atoms with Crippen LogP contribution in [0, 0.1) is 0 Å². The van der Waals surface area contributed by atoms with Gasteiger partial charge in [0, 0.05) is 29.3 Å². The molecule has 0 spiro atoms. The Morgan fingerprint density at radius 3 is 2.77 bits per heavy atom. The van der Waals surface area contributed by atoms with Gasteiger partial charge in [0.1, 0.15) is 0 Å². The molecule has 0 saturated carbocycles. The zero-order valence-corrected chi connectivity index (χ0v) is 13.9. The minimum absolute atomic E-state index is 0.0207. The van der Waals surface area contributed by atoms with Crippen LogP contribution < -0.4 is 5.32 Å². The van der Waals surface area contributed by atoms with E-state index in [2.05, 4.69) is 36.3 Å². The quantitative estimate of drug-likeness (QED) is 0.910. The summed E-state index contributed by atoms with van der Waals surface area (Å²) in [6.07, 6.45) is 1.81. The standard InChI is InChI=1S/C16H21N3O2S/c1-16(2,3)15-11(9-18-19-15)8-17-13-10-22(20,21)14-7-5-4-6-12(13)14/h4-7,9,13,17H,8,10H2,1-3H3,(H,18,19). The fourth-order valence-corrected chi connectivity index (χ4v) is 4.72. The van der Waals surface area contributed by atoms with E-state index in [1.807, 2.05) is 18.3 Å². The number of aromatic nitrogens is 2. The topological polar surface area (TPSA) is 74.8 Å². The summed E-state index contributed by atoms with van der Waals surface area (Å²) < 4.78 is 24.4. The number of fused-ring (bicyclic) bond motifs is 1. The van der Waals surface area contributed by atoms with E-state index < -0.39 is 9.84 Å². The van der Waals surface area contributed by atoms with Gasteiger partial charge in [-0.2, -0.15) is 5.10 Å². The summed E-state index contributed by atoms with van der Waals surface area (Å²) in [5.41, 5.74) is 3.00. The molecule has 1 atom stereocenters. The van der Waals surface area contributed by atoms with Gasteiger partial charge in [0.2, 0.25) is 0 Å². The molecule has 3 rings (SSSR count). The molecule has 2 heterocycles. The molecule has 0 bridgehead atoms. The van der Waals surface area contributed by atoms with E-state index in [0.717, 1.165) is 16.8 Å². The van der Waals surface area contributed by atoms with Crippen molar-refractivity contribution in [1.82, 2.24) is 15.5 Å². The summed E-state index contributed by atoms with van der Waals surface area (Å²) in [7, 11) is -3.17. The zero-order valence-electron chi connectivity index (χ0n) is 13.1. The number of hydrogen-bond donors (Lipinski definition) is 2. The summed E-state index contributed by atoms with van der Waals surface area (Å²) in [6.45, 7) is 6.97. The molecule has 1 aliphatic rings. The van der Waals surface area contributed by atoms with E-state index in [-0.39, 0.29) is 17.2 Å². The van der Waals surface area contributed by atoms with Crippen LogP contribution in [0.5, 0.6) is 0 Å². The van der Waals surface area contributed by atoms with Crippen molar-refractivity contribution in [2.75, 3.05) is 5.75 Å². The number of rotatable bonds is 3. The van der Waals surface area contributed by atoms with Gasteiger partial charge in [0.15, 0.2) is 9.84 Å². The van der Waals surface area contributed by atoms with Gasteiger partial charge in [-0.3, -0.25) is 5.10 Å². The van der Waals surface area contributed by atoms with Crippen LogP contribution in [-0.4, -0.2) is 24.4 Å². The zero-order chi connectivity index (χ0) is 16.0. The summed E-state index contributed by atoms with van der Waals surface area (Å²) in [5.74, 6) is 0.120. The SMILES string of the molecule is CC(C)(C)c1[nH]ncc1CNC1CS(=O)(=O)c2ccccc21. The number of benzene rings is 1. The summed E-state index contributed by atoms with van der Waals surface area (Å²) in [4.78, 5) is 0.454. The molecule has 2 aromatic rings. The van der Waals surface area contributed by atoms with Crippen LogP contribution in [0.3, 0.4) is 0 Å². The Morgan fingerprint density at radius 2 is 2.05 bits per heavy atom. The van der Waals surface area contributed by atoms with Gasteiger partial charge in [0.05, 0.1) is 16.8 Å². The maximum absolute atomic E-state index is 12.2. The van der Waals surface area contributed by atoms with E-state index in [0.29, 0.717) is 11.4 Å². The minimum Gasteiger partial charge on any atom is -0.305 e. The number of sulfone groups is 1. The highest BCUT2D eigenvalue weighted by Gasteiger charge is 2.34. The highest BCUT2D eigenvalue weighted by atomic mass is 32.2. The van der Waals surface area contributed by atoms with Crippen molar-refractivity contribution in [3.05, 3.63) is 47.3 Å². The predicted octanol–water partition coefficient (Wildman–Crippen LogP) is 2.33. The first-order valence-corrected chi connectivity index (χ1v) is 9.02. The first-order valence-electron chi connectivity index (χ1n) is 7.37. The molecule has 1 aromatic carbocycles. The van der Waals surface area contributed by atoms with E-state index in [1.165, 1.54) is 0 Å². The van der Waals surface area contributed by atoms with Crippen LogP contribution in [0.1, 0.15) is 43.6 Å². The van der Waals surface area contributed by atoms with Crippen LogP contribution in [0.15, 0.2) is 35.4 Å². The van der Waals surface area contributed by atoms with Crippen molar-refractivity contribution >= 4 is 9.84 Å². The van der Waals surface area contributed by atoms with Crippen molar-refractivity contribution in [1.29, 1.82) is 0 Å². The van der Waals surface area contributed by atoms with Crippen LogP contribution in [0.2, 0.25) is 0 Å². The van der Waals surface area contributed by atoms with Crippen molar-refractivity contribution in [2.24, 2.45) is 0 Å². The minimum atomic E-state index is -3.17. The van der Waals surface area contributed by atoms with Gasteiger partial charge in [-0.15, -0.1) is 0 Å². The van der Waals surface area contributed by atoms with Crippen molar-refractivity contribution in [3.63, 3.8) is 0 Å². The highest BCUT2D eigenvalue weighted by Crippen LogP contribution is 2.33. The van der Waals surface area contributed by atoms with Crippen molar-refractivity contribution in [2.45, 2.75) is 43.7 Å².